The summed E-state index contributed by atoms with van der Waals surface area (Å²) in [5, 5.41) is 12.3. The number of hydrogen-bond donors (Lipinski definition) is 2. The summed E-state index contributed by atoms with van der Waals surface area (Å²) in [4.78, 5) is 24.2. The molecule has 1 aliphatic rings. The third-order valence-electron chi connectivity index (χ3n) is 3.44. The second-order valence-corrected chi connectivity index (χ2v) is 4.92. The molecule has 17 heavy (non-hydrogen) atoms. The Bertz CT molecular complexity index is 285. The molecule has 2 amide bonds. The molecular weight excluding hydrogens is 220 g/mol. The number of likely N-dealkylation sites (N-methyl/N-ethyl adjacent to an activating group) is 1. The molecule has 5 nitrogen and oxygen atoms in total. The Morgan fingerprint density at radius 2 is 1.88 bits per heavy atom. The Balaban J connectivity index is 2.50. The zero-order valence-corrected chi connectivity index (χ0v) is 10.7. The highest BCUT2D eigenvalue weighted by atomic mass is 16.3. The fourth-order valence-electron chi connectivity index (χ4n) is 2.21. The summed E-state index contributed by atoms with van der Waals surface area (Å²) in [6, 6.07) is 0. The van der Waals surface area contributed by atoms with Gasteiger partial charge < -0.3 is 15.3 Å². The Hall–Kier alpha value is -1.10. The molecule has 1 saturated carbocycles. The normalized spacial score (nSPS) is 18.5. The standard InChI is InChI=1S/C12H22N2O3/c1-10(16)14(2)8-11(17)13-12(9-15)6-4-3-5-7-12/h15H,3-9H2,1-2H3,(H,13,17). The minimum Gasteiger partial charge on any atom is -0.394 e. The maximum atomic E-state index is 11.8. The first-order valence-corrected chi connectivity index (χ1v) is 6.13. The van der Waals surface area contributed by atoms with Crippen LogP contribution in [0.4, 0.5) is 0 Å². The second kappa shape index (κ2) is 6.00. The lowest BCUT2D eigenvalue weighted by Gasteiger charge is -2.36. The lowest BCUT2D eigenvalue weighted by Crippen LogP contribution is -2.54. The van der Waals surface area contributed by atoms with Crippen molar-refractivity contribution in [2.75, 3.05) is 20.2 Å². The van der Waals surface area contributed by atoms with Gasteiger partial charge >= 0.3 is 0 Å². The summed E-state index contributed by atoms with van der Waals surface area (Å²) in [7, 11) is 1.59. The van der Waals surface area contributed by atoms with Crippen molar-refractivity contribution >= 4 is 11.8 Å². The minimum atomic E-state index is -0.465. The van der Waals surface area contributed by atoms with Gasteiger partial charge in [0.25, 0.3) is 0 Å². The van der Waals surface area contributed by atoms with E-state index in [2.05, 4.69) is 5.32 Å². The van der Waals surface area contributed by atoms with Crippen molar-refractivity contribution in [3.05, 3.63) is 0 Å². The predicted molar refractivity (Wildman–Crippen MR) is 64.4 cm³/mol. The van der Waals surface area contributed by atoms with E-state index in [1.165, 1.54) is 11.8 Å². The first-order valence-electron chi connectivity index (χ1n) is 6.13. The molecule has 0 saturated heterocycles. The molecule has 0 spiro atoms. The topological polar surface area (TPSA) is 69.6 Å². The van der Waals surface area contributed by atoms with E-state index < -0.39 is 5.54 Å². The third kappa shape index (κ3) is 4.00. The molecule has 0 heterocycles. The minimum absolute atomic E-state index is 0.0253. The number of nitrogens with zero attached hydrogens (tertiary/aromatic N) is 1. The Labute approximate surface area is 102 Å². The van der Waals surface area contributed by atoms with Crippen LogP contribution in [0.1, 0.15) is 39.0 Å². The van der Waals surface area contributed by atoms with Gasteiger partial charge in [-0.05, 0) is 12.8 Å². The molecule has 0 aromatic rings. The highest BCUT2D eigenvalue weighted by Gasteiger charge is 2.32. The van der Waals surface area contributed by atoms with Gasteiger partial charge in [-0.15, -0.1) is 0 Å². The van der Waals surface area contributed by atoms with E-state index in [1.54, 1.807) is 7.05 Å². The van der Waals surface area contributed by atoms with Crippen molar-refractivity contribution in [1.82, 2.24) is 10.2 Å². The van der Waals surface area contributed by atoms with Gasteiger partial charge in [0.2, 0.25) is 11.8 Å². The zero-order chi connectivity index (χ0) is 12.9. The number of amides is 2. The maximum Gasteiger partial charge on any atom is 0.240 e. The molecule has 0 bridgehead atoms. The Morgan fingerprint density at radius 3 is 2.35 bits per heavy atom. The molecule has 1 aliphatic carbocycles. The molecule has 1 rings (SSSR count). The van der Waals surface area contributed by atoms with E-state index in [9.17, 15) is 14.7 Å². The van der Waals surface area contributed by atoms with Crippen molar-refractivity contribution < 1.29 is 14.7 Å². The number of hydrogen-bond acceptors (Lipinski definition) is 3. The second-order valence-electron chi connectivity index (χ2n) is 4.92. The number of rotatable bonds is 4. The summed E-state index contributed by atoms with van der Waals surface area (Å²) in [5.41, 5.74) is -0.465. The van der Waals surface area contributed by atoms with Crippen LogP contribution in [0, 0.1) is 0 Å². The zero-order valence-electron chi connectivity index (χ0n) is 10.7. The number of carbonyl (C=O) groups is 2. The van der Waals surface area contributed by atoms with E-state index in [0.717, 1.165) is 32.1 Å². The molecule has 0 atom stereocenters. The van der Waals surface area contributed by atoms with E-state index in [-0.39, 0.29) is 25.0 Å². The maximum absolute atomic E-state index is 11.8. The van der Waals surface area contributed by atoms with Gasteiger partial charge in [-0.1, -0.05) is 19.3 Å². The van der Waals surface area contributed by atoms with Gasteiger partial charge in [0.1, 0.15) is 0 Å². The first-order chi connectivity index (χ1) is 7.99. The summed E-state index contributed by atoms with van der Waals surface area (Å²) in [6.07, 6.45) is 4.86. The van der Waals surface area contributed by atoms with E-state index in [0.29, 0.717) is 0 Å². The number of aliphatic hydroxyl groups is 1. The Kier molecular flexibility index (Phi) is 4.93. The molecule has 1 fully saturated rings. The average molecular weight is 242 g/mol. The fourth-order valence-corrected chi connectivity index (χ4v) is 2.21. The monoisotopic (exact) mass is 242 g/mol. The van der Waals surface area contributed by atoms with E-state index in [1.807, 2.05) is 0 Å². The number of carbonyl (C=O) groups excluding carboxylic acids is 2. The average Bonchev–Trinajstić information content (AvgIpc) is 2.29. The summed E-state index contributed by atoms with van der Waals surface area (Å²) >= 11 is 0. The van der Waals surface area contributed by atoms with Crippen molar-refractivity contribution in [3.8, 4) is 0 Å². The van der Waals surface area contributed by atoms with Crippen LogP contribution < -0.4 is 5.32 Å². The lowest BCUT2D eigenvalue weighted by molar-refractivity contribution is -0.134. The molecular formula is C12H22N2O3. The number of nitrogens with one attached hydrogen (secondary N) is 1. The van der Waals surface area contributed by atoms with Crippen LogP contribution in [0.3, 0.4) is 0 Å². The van der Waals surface area contributed by atoms with Gasteiger partial charge in [-0.25, -0.2) is 0 Å². The molecule has 0 aliphatic heterocycles. The highest BCUT2D eigenvalue weighted by molar-refractivity contribution is 5.84. The van der Waals surface area contributed by atoms with Crippen LogP contribution in [0.25, 0.3) is 0 Å². The largest absolute Gasteiger partial charge is 0.394 e. The van der Waals surface area contributed by atoms with Crippen molar-refractivity contribution in [2.24, 2.45) is 0 Å². The molecule has 0 radical (unpaired) electrons. The summed E-state index contributed by atoms with van der Waals surface area (Å²) in [5.74, 6) is -0.333. The van der Waals surface area contributed by atoms with Gasteiger partial charge in [0, 0.05) is 14.0 Å². The van der Waals surface area contributed by atoms with Gasteiger partial charge in [0.15, 0.2) is 0 Å². The molecule has 0 aromatic carbocycles. The van der Waals surface area contributed by atoms with E-state index in [4.69, 9.17) is 0 Å². The third-order valence-corrected chi connectivity index (χ3v) is 3.44. The van der Waals surface area contributed by atoms with Gasteiger partial charge in [-0.3, -0.25) is 9.59 Å². The predicted octanol–water partition coefficient (Wildman–Crippen LogP) is 0.276. The molecule has 98 valence electrons. The van der Waals surface area contributed by atoms with Crippen molar-refractivity contribution in [2.45, 2.75) is 44.6 Å². The van der Waals surface area contributed by atoms with Crippen molar-refractivity contribution in [3.63, 3.8) is 0 Å². The van der Waals surface area contributed by atoms with Gasteiger partial charge in [0.05, 0.1) is 18.7 Å². The number of aliphatic hydroxyl groups excluding tert-OH is 1. The van der Waals surface area contributed by atoms with Crippen LogP contribution in [-0.4, -0.2) is 47.6 Å². The summed E-state index contributed by atoms with van der Waals surface area (Å²) < 4.78 is 0. The van der Waals surface area contributed by atoms with Crippen LogP contribution in [0.5, 0.6) is 0 Å². The quantitative estimate of drug-likeness (QED) is 0.743. The highest BCUT2D eigenvalue weighted by Crippen LogP contribution is 2.27. The van der Waals surface area contributed by atoms with Crippen LogP contribution >= 0.6 is 0 Å². The smallest absolute Gasteiger partial charge is 0.240 e. The molecule has 0 aromatic heterocycles. The van der Waals surface area contributed by atoms with Crippen molar-refractivity contribution in [1.29, 1.82) is 0 Å². The fraction of sp³-hybridized carbons (Fsp3) is 0.833. The Morgan fingerprint density at radius 1 is 1.29 bits per heavy atom. The van der Waals surface area contributed by atoms with E-state index >= 15 is 0 Å². The lowest BCUT2D eigenvalue weighted by atomic mass is 9.82. The SMILES string of the molecule is CC(=O)N(C)CC(=O)NC1(CO)CCCCC1. The van der Waals surface area contributed by atoms with Crippen LogP contribution in [0.2, 0.25) is 0 Å². The van der Waals surface area contributed by atoms with Crippen LogP contribution in [-0.2, 0) is 9.59 Å². The van der Waals surface area contributed by atoms with Gasteiger partial charge in [-0.2, -0.15) is 0 Å². The molecule has 5 heteroatoms. The molecule has 0 unspecified atom stereocenters. The summed E-state index contributed by atoms with van der Waals surface area (Å²) in [6.45, 7) is 1.45. The molecule has 2 N–H and O–H groups in total. The van der Waals surface area contributed by atoms with Crippen LogP contribution in [0.15, 0.2) is 0 Å². The first kappa shape index (κ1) is 14.0.